The van der Waals surface area contributed by atoms with Crippen LogP contribution in [-0.2, 0) is 4.74 Å². The van der Waals surface area contributed by atoms with Crippen LogP contribution in [0.15, 0.2) is 18.7 Å². The molecular formula is C12H18N4O2. The molecule has 1 saturated heterocycles. The second kappa shape index (κ2) is 5.88. The first-order chi connectivity index (χ1) is 8.76. The third-order valence-corrected chi connectivity index (χ3v) is 3.34. The number of piperidine rings is 1. The van der Waals surface area contributed by atoms with Crippen molar-refractivity contribution in [2.45, 2.75) is 25.0 Å². The predicted octanol–water partition coefficient (Wildman–Crippen LogP) is 0.0549. The van der Waals surface area contributed by atoms with Gasteiger partial charge in [-0.15, -0.1) is 0 Å². The Morgan fingerprint density at radius 1 is 1.56 bits per heavy atom. The smallest absolute Gasteiger partial charge is 0.257 e. The molecule has 1 aromatic rings. The van der Waals surface area contributed by atoms with Gasteiger partial charge in [0.15, 0.2) is 0 Å². The molecule has 1 aliphatic heterocycles. The van der Waals surface area contributed by atoms with Crippen molar-refractivity contribution in [1.82, 2.24) is 14.9 Å². The monoisotopic (exact) mass is 250 g/mol. The van der Waals surface area contributed by atoms with Gasteiger partial charge < -0.3 is 15.4 Å². The summed E-state index contributed by atoms with van der Waals surface area (Å²) in [6.45, 7) is 1.10. The molecule has 1 fully saturated rings. The summed E-state index contributed by atoms with van der Waals surface area (Å²) in [5.41, 5.74) is 6.25. The molecule has 2 unspecified atom stereocenters. The van der Waals surface area contributed by atoms with Crippen molar-refractivity contribution >= 4 is 5.91 Å². The Balaban J connectivity index is 2.10. The zero-order valence-corrected chi connectivity index (χ0v) is 10.5. The lowest BCUT2D eigenvalue weighted by atomic mass is 9.98. The first kappa shape index (κ1) is 12.9. The standard InChI is InChI=1S/C12H18N4O2/c1-18-11-2-3-16(10(4-11)5-13)12(17)9-6-14-8-15-7-9/h6-8,10-11H,2-5,13H2,1H3. The zero-order chi connectivity index (χ0) is 13.0. The number of methoxy groups -OCH3 is 1. The molecule has 1 amide bonds. The number of likely N-dealkylation sites (tertiary alicyclic amines) is 1. The van der Waals surface area contributed by atoms with Gasteiger partial charge in [-0.1, -0.05) is 0 Å². The molecule has 6 heteroatoms. The SMILES string of the molecule is COC1CCN(C(=O)c2cncnc2)C(CN)C1. The van der Waals surface area contributed by atoms with Crippen molar-refractivity contribution in [3.05, 3.63) is 24.3 Å². The fourth-order valence-corrected chi connectivity index (χ4v) is 2.29. The molecule has 18 heavy (non-hydrogen) atoms. The van der Waals surface area contributed by atoms with E-state index in [4.69, 9.17) is 10.5 Å². The molecule has 1 aromatic heterocycles. The number of rotatable bonds is 3. The summed E-state index contributed by atoms with van der Waals surface area (Å²) < 4.78 is 5.34. The second-order valence-corrected chi connectivity index (χ2v) is 4.40. The number of carbonyl (C=O) groups is 1. The summed E-state index contributed by atoms with van der Waals surface area (Å²) in [5, 5.41) is 0. The molecule has 2 atom stereocenters. The van der Waals surface area contributed by atoms with E-state index in [0.717, 1.165) is 12.8 Å². The highest BCUT2D eigenvalue weighted by Gasteiger charge is 2.31. The minimum atomic E-state index is -0.0550. The molecule has 0 spiro atoms. The third-order valence-electron chi connectivity index (χ3n) is 3.34. The molecule has 0 aromatic carbocycles. The van der Waals surface area contributed by atoms with Crippen molar-refractivity contribution in [2.75, 3.05) is 20.2 Å². The average Bonchev–Trinajstić information content (AvgIpc) is 2.46. The van der Waals surface area contributed by atoms with Gasteiger partial charge in [0, 0.05) is 38.6 Å². The van der Waals surface area contributed by atoms with Gasteiger partial charge in [0.05, 0.1) is 11.7 Å². The molecule has 98 valence electrons. The number of carbonyl (C=O) groups excluding carboxylic acids is 1. The van der Waals surface area contributed by atoms with Gasteiger partial charge in [-0.25, -0.2) is 9.97 Å². The van der Waals surface area contributed by atoms with E-state index >= 15 is 0 Å². The van der Waals surface area contributed by atoms with E-state index in [9.17, 15) is 4.79 Å². The molecular weight excluding hydrogens is 232 g/mol. The largest absolute Gasteiger partial charge is 0.381 e. The normalized spacial score (nSPS) is 24.0. The van der Waals surface area contributed by atoms with Crippen LogP contribution in [0, 0.1) is 0 Å². The Kier molecular flexibility index (Phi) is 4.22. The van der Waals surface area contributed by atoms with Crippen LogP contribution in [0.5, 0.6) is 0 Å². The van der Waals surface area contributed by atoms with Crippen LogP contribution in [-0.4, -0.2) is 53.1 Å². The summed E-state index contributed by atoms with van der Waals surface area (Å²) in [7, 11) is 1.70. The lowest BCUT2D eigenvalue weighted by molar-refractivity contribution is 0.0138. The van der Waals surface area contributed by atoms with Crippen LogP contribution in [0.3, 0.4) is 0 Å². The van der Waals surface area contributed by atoms with E-state index in [0.29, 0.717) is 18.7 Å². The molecule has 2 N–H and O–H groups in total. The van der Waals surface area contributed by atoms with Crippen molar-refractivity contribution in [3.63, 3.8) is 0 Å². The second-order valence-electron chi connectivity index (χ2n) is 4.40. The van der Waals surface area contributed by atoms with Gasteiger partial charge in [-0.2, -0.15) is 0 Å². The molecule has 0 aliphatic carbocycles. The van der Waals surface area contributed by atoms with Crippen LogP contribution in [0.1, 0.15) is 23.2 Å². The highest BCUT2D eigenvalue weighted by molar-refractivity contribution is 5.93. The first-order valence-electron chi connectivity index (χ1n) is 6.05. The Morgan fingerprint density at radius 3 is 2.89 bits per heavy atom. The Labute approximate surface area is 106 Å². The number of ether oxygens (including phenoxy) is 1. The van der Waals surface area contributed by atoms with E-state index in [1.165, 1.54) is 18.7 Å². The Bertz CT molecular complexity index is 398. The highest BCUT2D eigenvalue weighted by atomic mass is 16.5. The number of hydrogen-bond donors (Lipinski definition) is 1. The summed E-state index contributed by atoms with van der Waals surface area (Å²) in [6, 6.07) is 0.0245. The predicted molar refractivity (Wildman–Crippen MR) is 65.9 cm³/mol. The molecule has 1 aliphatic rings. The van der Waals surface area contributed by atoms with Crippen LogP contribution >= 0.6 is 0 Å². The fourth-order valence-electron chi connectivity index (χ4n) is 2.29. The lowest BCUT2D eigenvalue weighted by Crippen LogP contribution is -2.51. The van der Waals surface area contributed by atoms with Gasteiger partial charge in [-0.05, 0) is 12.8 Å². The van der Waals surface area contributed by atoms with E-state index in [2.05, 4.69) is 9.97 Å². The van der Waals surface area contributed by atoms with Crippen molar-refractivity contribution in [3.8, 4) is 0 Å². The quantitative estimate of drug-likeness (QED) is 0.820. The summed E-state index contributed by atoms with van der Waals surface area (Å²) in [6.07, 6.45) is 6.29. The number of nitrogens with two attached hydrogens (primary N) is 1. The lowest BCUT2D eigenvalue weighted by Gasteiger charge is -2.38. The molecule has 2 rings (SSSR count). The van der Waals surface area contributed by atoms with E-state index in [1.54, 1.807) is 12.0 Å². The summed E-state index contributed by atoms with van der Waals surface area (Å²) >= 11 is 0. The molecule has 6 nitrogen and oxygen atoms in total. The summed E-state index contributed by atoms with van der Waals surface area (Å²) in [5.74, 6) is -0.0550. The van der Waals surface area contributed by atoms with Gasteiger partial charge in [0.25, 0.3) is 5.91 Å². The molecule has 0 saturated carbocycles. The van der Waals surface area contributed by atoms with E-state index in [1.807, 2.05) is 0 Å². The summed E-state index contributed by atoms with van der Waals surface area (Å²) in [4.78, 5) is 21.8. The van der Waals surface area contributed by atoms with Gasteiger partial charge in [0.1, 0.15) is 6.33 Å². The van der Waals surface area contributed by atoms with Gasteiger partial charge in [0.2, 0.25) is 0 Å². The molecule has 2 heterocycles. The molecule has 0 bridgehead atoms. The maximum absolute atomic E-state index is 12.3. The minimum absolute atomic E-state index is 0.0245. The zero-order valence-electron chi connectivity index (χ0n) is 10.5. The van der Waals surface area contributed by atoms with Crippen molar-refractivity contribution in [1.29, 1.82) is 0 Å². The maximum Gasteiger partial charge on any atom is 0.257 e. The van der Waals surface area contributed by atoms with Crippen LogP contribution in [0.2, 0.25) is 0 Å². The highest BCUT2D eigenvalue weighted by Crippen LogP contribution is 2.20. The van der Waals surface area contributed by atoms with Crippen molar-refractivity contribution < 1.29 is 9.53 Å². The van der Waals surface area contributed by atoms with Gasteiger partial charge >= 0.3 is 0 Å². The Hall–Kier alpha value is -1.53. The number of nitrogens with zero attached hydrogens (tertiary/aromatic N) is 3. The van der Waals surface area contributed by atoms with E-state index < -0.39 is 0 Å². The Morgan fingerprint density at radius 2 is 2.28 bits per heavy atom. The van der Waals surface area contributed by atoms with Crippen molar-refractivity contribution in [2.24, 2.45) is 5.73 Å². The number of aromatic nitrogens is 2. The van der Waals surface area contributed by atoms with E-state index in [-0.39, 0.29) is 18.1 Å². The minimum Gasteiger partial charge on any atom is -0.381 e. The van der Waals surface area contributed by atoms with Crippen LogP contribution < -0.4 is 5.73 Å². The fraction of sp³-hybridized carbons (Fsp3) is 0.583. The topological polar surface area (TPSA) is 81.3 Å². The van der Waals surface area contributed by atoms with Gasteiger partial charge in [-0.3, -0.25) is 4.79 Å². The maximum atomic E-state index is 12.3. The molecule has 0 radical (unpaired) electrons. The average molecular weight is 250 g/mol. The number of amides is 1. The van der Waals surface area contributed by atoms with Crippen LogP contribution in [0.25, 0.3) is 0 Å². The number of hydrogen-bond acceptors (Lipinski definition) is 5. The first-order valence-corrected chi connectivity index (χ1v) is 6.05. The van der Waals surface area contributed by atoms with Crippen LogP contribution in [0.4, 0.5) is 0 Å². The third kappa shape index (κ3) is 2.65.